The number of amides is 4. The van der Waals surface area contributed by atoms with Crippen LogP contribution in [0.15, 0.2) is 42.5 Å². The number of benzene rings is 2. The fraction of sp³-hybridized carbons (Fsp3) is 0.143. The summed E-state index contributed by atoms with van der Waals surface area (Å²) in [6.45, 7) is 0. The fourth-order valence-electron chi connectivity index (χ4n) is 3.20. The number of imidazole rings is 1. The molecule has 0 saturated carbocycles. The molecule has 0 radical (unpaired) electrons. The Morgan fingerprint density at radius 1 is 0.972 bits per heavy atom. The van der Waals surface area contributed by atoms with E-state index in [0.29, 0.717) is 16.7 Å². The fourth-order valence-corrected chi connectivity index (χ4v) is 3.20. The number of carbonyl (C=O) groups is 3. The zero-order valence-corrected chi connectivity index (χ0v) is 18.2. The van der Waals surface area contributed by atoms with Gasteiger partial charge in [0.2, 0.25) is 5.91 Å². The number of alkyl halides is 3. The van der Waals surface area contributed by atoms with Gasteiger partial charge in [-0.2, -0.15) is 13.2 Å². The standard InChI is InChI=1S/C21H18F3N9O3/c22-21(23,24)10-1-3-11(4-2-10)27-20(36)30-19-17(18(25)35)28-15(29-19)7-8-16(34)26-12-5-6-13-14(9-12)32-33-31-13/h1-6,9H,7-8H2,(H2,25,35)(H,26,34)(H,28,29)(H2,27,30,36)(H,31,32,33). The van der Waals surface area contributed by atoms with Crippen LogP contribution >= 0.6 is 0 Å². The van der Waals surface area contributed by atoms with E-state index in [4.69, 9.17) is 5.73 Å². The van der Waals surface area contributed by atoms with Crippen LogP contribution in [-0.4, -0.2) is 43.2 Å². The smallest absolute Gasteiger partial charge is 0.364 e. The number of H-pyrrole nitrogens is 2. The van der Waals surface area contributed by atoms with Gasteiger partial charge < -0.3 is 21.4 Å². The molecule has 7 N–H and O–H groups in total. The lowest BCUT2D eigenvalue weighted by atomic mass is 10.2. The van der Waals surface area contributed by atoms with Crippen LogP contribution < -0.4 is 21.7 Å². The number of aromatic nitrogens is 5. The number of rotatable bonds is 7. The van der Waals surface area contributed by atoms with Crippen molar-refractivity contribution in [2.24, 2.45) is 5.73 Å². The number of carbonyl (C=O) groups excluding carboxylic acids is 3. The van der Waals surface area contributed by atoms with Crippen LogP contribution in [0.4, 0.5) is 35.2 Å². The van der Waals surface area contributed by atoms with Gasteiger partial charge in [0, 0.05) is 24.2 Å². The average molecular weight is 501 g/mol. The normalized spacial score (nSPS) is 11.3. The summed E-state index contributed by atoms with van der Waals surface area (Å²) in [7, 11) is 0. The summed E-state index contributed by atoms with van der Waals surface area (Å²) in [4.78, 5) is 43.1. The molecule has 4 aromatic rings. The van der Waals surface area contributed by atoms with E-state index < -0.39 is 23.7 Å². The first-order chi connectivity index (χ1) is 17.1. The Morgan fingerprint density at radius 3 is 2.39 bits per heavy atom. The summed E-state index contributed by atoms with van der Waals surface area (Å²) >= 11 is 0. The molecule has 0 unspecified atom stereocenters. The number of fused-ring (bicyclic) bond motifs is 1. The van der Waals surface area contributed by atoms with E-state index in [1.165, 1.54) is 0 Å². The second-order valence-corrected chi connectivity index (χ2v) is 7.52. The summed E-state index contributed by atoms with van der Waals surface area (Å²) < 4.78 is 38.0. The number of nitrogens with one attached hydrogen (secondary N) is 5. The molecule has 4 amide bonds. The topological polar surface area (TPSA) is 184 Å². The van der Waals surface area contributed by atoms with Gasteiger partial charge in [-0.15, -0.1) is 5.10 Å². The van der Waals surface area contributed by atoms with Crippen LogP contribution in [0.3, 0.4) is 0 Å². The highest BCUT2D eigenvalue weighted by Crippen LogP contribution is 2.29. The van der Waals surface area contributed by atoms with Gasteiger partial charge in [0.05, 0.1) is 11.1 Å². The predicted octanol–water partition coefficient (Wildman–Crippen LogP) is 3.01. The number of primary amides is 1. The number of aryl methyl sites for hydroxylation is 1. The Balaban J connectivity index is 1.36. The lowest BCUT2D eigenvalue weighted by molar-refractivity contribution is -0.137. The molecule has 12 nitrogen and oxygen atoms in total. The number of hydrogen-bond acceptors (Lipinski definition) is 6. The number of anilines is 3. The average Bonchev–Trinajstić information content (AvgIpc) is 3.44. The molecule has 15 heteroatoms. The van der Waals surface area contributed by atoms with Gasteiger partial charge in [0.25, 0.3) is 5.91 Å². The van der Waals surface area contributed by atoms with Crippen LogP contribution in [0.5, 0.6) is 0 Å². The Kier molecular flexibility index (Phi) is 6.54. The lowest BCUT2D eigenvalue weighted by Crippen LogP contribution is -2.22. The van der Waals surface area contributed by atoms with E-state index in [-0.39, 0.29) is 41.8 Å². The van der Waals surface area contributed by atoms with Crippen LogP contribution in [0.25, 0.3) is 11.0 Å². The van der Waals surface area contributed by atoms with Crippen LogP contribution in [0.1, 0.15) is 28.3 Å². The highest BCUT2D eigenvalue weighted by Gasteiger charge is 2.30. The molecule has 186 valence electrons. The van der Waals surface area contributed by atoms with Crippen molar-refractivity contribution in [1.29, 1.82) is 0 Å². The van der Waals surface area contributed by atoms with Crippen LogP contribution in [-0.2, 0) is 17.4 Å². The molecule has 2 heterocycles. The number of nitrogens with two attached hydrogens (primary N) is 1. The van der Waals surface area contributed by atoms with Crippen molar-refractivity contribution in [2.45, 2.75) is 19.0 Å². The molecule has 0 atom stereocenters. The van der Waals surface area contributed by atoms with Gasteiger partial charge in [-0.05, 0) is 42.5 Å². The van der Waals surface area contributed by atoms with Crippen LogP contribution in [0.2, 0.25) is 0 Å². The van der Waals surface area contributed by atoms with E-state index in [0.717, 1.165) is 24.3 Å². The van der Waals surface area contributed by atoms with Gasteiger partial charge >= 0.3 is 12.2 Å². The molecule has 0 bridgehead atoms. The highest BCUT2D eigenvalue weighted by atomic mass is 19.4. The van der Waals surface area contributed by atoms with Crippen LogP contribution in [0, 0.1) is 0 Å². The van der Waals surface area contributed by atoms with Crippen molar-refractivity contribution in [2.75, 3.05) is 16.0 Å². The summed E-state index contributed by atoms with van der Waals surface area (Å²) in [5, 5.41) is 17.6. The Labute approximate surface area is 199 Å². The molecule has 36 heavy (non-hydrogen) atoms. The summed E-state index contributed by atoms with van der Waals surface area (Å²) in [5.74, 6) is -1.20. The lowest BCUT2D eigenvalue weighted by Gasteiger charge is -2.09. The van der Waals surface area contributed by atoms with Crippen molar-refractivity contribution in [3.63, 3.8) is 0 Å². The van der Waals surface area contributed by atoms with Crippen molar-refractivity contribution < 1.29 is 27.6 Å². The molecule has 0 fully saturated rings. The second kappa shape index (κ2) is 9.73. The maximum absolute atomic E-state index is 12.7. The van der Waals surface area contributed by atoms with Gasteiger partial charge in [-0.25, -0.2) is 9.78 Å². The quantitative estimate of drug-likeness (QED) is 0.226. The Bertz CT molecular complexity index is 1430. The predicted molar refractivity (Wildman–Crippen MR) is 122 cm³/mol. The SMILES string of the molecule is NC(=O)c1nc(CCC(=O)Nc2ccc3[nH]nnc3c2)[nH]c1NC(=O)Nc1ccc(C(F)(F)F)cc1. The van der Waals surface area contributed by atoms with Gasteiger partial charge in [-0.3, -0.25) is 20.0 Å². The zero-order chi connectivity index (χ0) is 25.9. The second-order valence-electron chi connectivity index (χ2n) is 7.52. The number of nitrogens with zero attached hydrogens (tertiary/aromatic N) is 3. The zero-order valence-electron chi connectivity index (χ0n) is 18.2. The van der Waals surface area contributed by atoms with Crippen molar-refractivity contribution in [3.8, 4) is 0 Å². The molecule has 2 aromatic carbocycles. The molecule has 0 aliphatic carbocycles. The third kappa shape index (κ3) is 5.75. The first-order valence-electron chi connectivity index (χ1n) is 10.3. The molecular weight excluding hydrogens is 483 g/mol. The third-order valence-electron chi connectivity index (χ3n) is 4.89. The monoisotopic (exact) mass is 501 g/mol. The molecule has 2 aromatic heterocycles. The maximum atomic E-state index is 12.7. The first kappa shape index (κ1) is 24.2. The molecule has 0 aliphatic rings. The molecule has 0 aliphatic heterocycles. The van der Waals surface area contributed by atoms with Gasteiger partial charge in [-0.1, -0.05) is 5.21 Å². The Hall–Kier alpha value is -4.95. The molecular formula is C21H18F3N9O3. The minimum absolute atomic E-state index is 0.0141. The van der Waals surface area contributed by atoms with E-state index in [1.807, 2.05) is 0 Å². The number of halogens is 3. The summed E-state index contributed by atoms with van der Waals surface area (Å²) in [6.07, 6.45) is -4.44. The van der Waals surface area contributed by atoms with Gasteiger partial charge in [0.1, 0.15) is 17.2 Å². The minimum Gasteiger partial charge on any atom is -0.364 e. The van der Waals surface area contributed by atoms with Crippen molar-refractivity contribution in [1.82, 2.24) is 25.4 Å². The summed E-state index contributed by atoms with van der Waals surface area (Å²) in [6, 6.07) is 7.96. The number of aromatic amines is 2. The third-order valence-corrected chi connectivity index (χ3v) is 4.89. The minimum atomic E-state index is -4.51. The molecule has 4 rings (SSSR count). The van der Waals surface area contributed by atoms with Crippen molar-refractivity contribution in [3.05, 3.63) is 59.5 Å². The molecule has 0 saturated heterocycles. The van der Waals surface area contributed by atoms with E-state index in [1.54, 1.807) is 18.2 Å². The molecule has 0 spiro atoms. The Morgan fingerprint density at radius 2 is 1.69 bits per heavy atom. The highest BCUT2D eigenvalue weighted by molar-refractivity contribution is 6.04. The van der Waals surface area contributed by atoms with E-state index in [9.17, 15) is 27.6 Å². The van der Waals surface area contributed by atoms with Gasteiger partial charge in [0.15, 0.2) is 5.69 Å². The number of urea groups is 1. The summed E-state index contributed by atoms with van der Waals surface area (Å²) in [5.41, 5.74) is 6.06. The van der Waals surface area contributed by atoms with E-state index >= 15 is 0 Å². The largest absolute Gasteiger partial charge is 0.416 e. The first-order valence-corrected chi connectivity index (χ1v) is 10.3. The van der Waals surface area contributed by atoms with Crippen molar-refractivity contribution >= 4 is 46.1 Å². The van der Waals surface area contributed by atoms with E-state index in [2.05, 4.69) is 41.3 Å². The number of hydrogen-bond donors (Lipinski definition) is 6. The maximum Gasteiger partial charge on any atom is 0.416 e.